The number of carbonyl (C=O) groups is 2. The van der Waals surface area contributed by atoms with Gasteiger partial charge in [0.05, 0.1) is 19.0 Å². The van der Waals surface area contributed by atoms with Gasteiger partial charge in [0, 0.05) is 0 Å². The van der Waals surface area contributed by atoms with E-state index in [0.29, 0.717) is 0 Å². The standard InChI is InChI=1S/C8H9NO5.Li/c10-2-1-4-7(8(12)13)9-5(11)3-6(9)14-4;/h1,6-7,10H,2-3H2,(H,12,13);/q;+1/p-1/b4-1-;/t6-,7-;/m0./s1. The SMILES string of the molecule is O=C([O-])[C@@H]1/C(=C/CO)O[C@H]2CC(=O)N21.[Li+]. The maximum Gasteiger partial charge on any atom is 1.00 e. The Kier molecular flexibility index (Phi) is 3.45. The third kappa shape index (κ3) is 1.76. The van der Waals surface area contributed by atoms with Crippen molar-refractivity contribution in [2.75, 3.05) is 6.61 Å². The third-order valence-electron chi connectivity index (χ3n) is 2.28. The normalized spacial score (nSPS) is 30.3. The third-order valence-corrected chi connectivity index (χ3v) is 2.28. The van der Waals surface area contributed by atoms with Gasteiger partial charge in [-0.2, -0.15) is 0 Å². The smallest absolute Gasteiger partial charge is 0.547 e. The van der Waals surface area contributed by atoms with Gasteiger partial charge in [-0.25, -0.2) is 0 Å². The van der Waals surface area contributed by atoms with Gasteiger partial charge in [-0.1, -0.05) is 0 Å². The van der Waals surface area contributed by atoms with E-state index in [4.69, 9.17) is 9.84 Å². The van der Waals surface area contributed by atoms with Gasteiger partial charge in [0.25, 0.3) is 0 Å². The van der Waals surface area contributed by atoms with E-state index in [-0.39, 0.29) is 43.6 Å². The molecule has 0 aromatic carbocycles. The Hall–Kier alpha value is -0.963. The molecular weight excluding hydrogens is 197 g/mol. The zero-order valence-corrected chi connectivity index (χ0v) is 8.17. The molecule has 2 aliphatic rings. The van der Waals surface area contributed by atoms with E-state index in [1.54, 1.807) is 0 Å². The molecule has 0 spiro atoms. The Labute approximate surface area is 97.7 Å². The van der Waals surface area contributed by atoms with Crippen molar-refractivity contribution in [2.45, 2.75) is 18.7 Å². The molecule has 6 nitrogen and oxygen atoms in total. The maximum absolute atomic E-state index is 11.0. The van der Waals surface area contributed by atoms with Crippen molar-refractivity contribution >= 4 is 11.9 Å². The van der Waals surface area contributed by atoms with Crippen LogP contribution in [0.3, 0.4) is 0 Å². The Morgan fingerprint density at radius 1 is 1.73 bits per heavy atom. The first kappa shape index (κ1) is 12.1. The number of fused-ring (bicyclic) bond motifs is 1. The van der Waals surface area contributed by atoms with Crippen molar-refractivity contribution in [3.63, 3.8) is 0 Å². The first-order valence-electron chi connectivity index (χ1n) is 4.14. The summed E-state index contributed by atoms with van der Waals surface area (Å²) in [6, 6.07) is -1.17. The fraction of sp³-hybridized carbons (Fsp3) is 0.500. The van der Waals surface area contributed by atoms with Crippen LogP contribution in [0.4, 0.5) is 0 Å². The van der Waals surface area contributed by atoms with Crippen LogP contribution in [0.2, 0.25) is 0 Å². The van der Waals surface area contributed by atoms with Crippen molar-refractivity contribution in [1.82, 2.24) is 4.90 Å². The summed E-state index contributed by atoms with van der Waals surface area (Å²) in [4.78, 5) is 22.9. The van der Waals surface area contributed by atoms with Crippen molar-refractivity contribution in [3.05, 3.63) is 11.8 Å². The number of ether oxygens (including phenoxy) is 1. The number of aliphatic carboxylic acids is 1. The molecule has 0 aromatic heterocycles. The molecule has 0 radical (unpaired) electrons. The summed E-state index contributed by atoms with van der Waals surface area (Å²) in [7, 11) is 0. The Morgan fingerprint density at radius 3 is 2.87 bits per heavy atom. The number of carboxylic acids is 1. The number of aliphatic hydroxyl groups excluding tert-OH is 1. The van der Waals surface area contributed by atoms with E-state index < -0.39 is 18.2 Å². The summed E-state index contributed by atoms with van der Waals surface area (Å²) in [6.07, 6.45) is 0.918. The topological polar surface area (TPSA) is 89.9 Å². The largest absolute Gasteiger partial charge is 1.00 e. The van der Waals surface area contributed by atoms with Gasteiger partial charge in [0.15, 0.2) is 6.23 Å². The van der Waals surface area contributed by atoms with E-state index >= 15 is 0 Å². The fourth-order valence-electron chi connectivity index (χ4n) is 1.65. The van der Waals surface area contributed by atoms with Crippen LogP contribution in [0.5, 0.6) is 0 Å². The number of hydrogen-bond acceptors (Lipinski definition) is 5. The molecule has 0 bridgehead atoms. The van der Waals surface area contributed by atoms with Crippen LogP contribution in [0.25, 0.3) is 0 Å². The van der Waals surface area contributed by atoms with Gasteiger partial charge in [-0.05, 0) is 6.08 Å². The Bertz CT molecular complexity index is 329. The molecule has 2 rings (SSSR count). The average Bonchev–Trinajstić information content (AvgIpc) is 2.39. The van der Waals surface area contributed by atoms with Crippen LogP contribution < -0.4 is 24.0 Å². The number of nitrogens with zero attached hydrogens (tertiary/aromatic N) is 1. The summed E-state index contributed by atoms with van der Waals surface area (Å²) in [5.41, 5.74) is 0. The molecule has 15 heavy (non-hydrogen) atoms. The molecule has 2 heterocycles. The van der Waals surface area contributed by atoms with E-state index in [1.165, 1.54) is 6.08 Å². The number of rotatable bonds is 2. The first-order chi connectivity index (χ1) is 6.65. The zero-order chi connectivity index (χ0) is 10.3. The number of β-lactam (4-membered cyclic amide) rings is 1. The average molecular weight is 205 g/mol. The predicted molar refractivity (Wildman–Crippen MR) is 40.3 cm³/mol. The molecule has 0 aliphatic carbocycles. The number of aliphatic hydroxyl groups is 1. The van der Waals surface area contributed by atoms with Gasteiger partial charge in [0.1, 0.15) is 11.8 Å². The van der Waals surface area contributed by atoms with E-state index in [2.05, 4.69) is 0 Å². The van der Waals surface area contributed by atoms with Gasteiger partial charge in [-0.3, -0.25) is 9.69 Å². The number of carbonyl (C=O) groups excluding carboxylic acids is 2. The second kappa shape index (κ2) is 4.27. The summed E-state index contributed by atoms with van der Waals surface area (Å²) >= 11 is 0. The maximum atomic E-state index is 11.0. The quantitative estimate of drug-likeness (QED) is 0.359. The fourth-order valence-corrected chi connectivity index (χ4v) is 1.65. The molecule has 0 saturated carbocycles. The van der Waals surface area contributed by atoms with Crippen LogP contribution >= 0.6 is 0 Å². The minimum atomic E-state index is -1.39. The van der Waals surface area contributed by atoms with Crippen LogP contribution in [0.15, 0.2) is 11.8 Å². The second-order valence-corrected chi connectivity index (χ2v) is 3.09. The van der Waals surface area contributed by atoms with E-state index in [0.717, 1.165) is 4.90 Å². The van der Waals surface area contributed by atoms with Crippen LogP contribution in [-0.4, -0.2) is 40.8 Å². The Balaban J connectivity index is 0.00000112. The number of carboxylic acid groups (broad SMARTS) is 1. The summed E-state index contributed by atoms with van der Waals surface area (Å²) in [6.45, 7) is -0.326. The van der Waals surface area contributed by atoms with Crippen LogP contribution in [0.1, 0.15) is 6.42 Å². The minimum Gasteiger partial charge on any atom is -0.547 e. The first-order valence-corrected chi connectivity index (χ1v) is 4.14. The molecule has 2 atom stereocenters. The van der Waals surface area contributed by atoms with Crippen molar-refractivity contribution in [2.24, 2.45) is 0 Å². The molecule has 1 amide bonds. The van der Waals surface area contributed by atoms with Gasteiger partial charge in [-0.15, -0.1) is 0 Å². The number of amides is 1. The predicted octanol–water partition coefficient (Wildman–Crippen LogP) is -5.43. The molecule has 2 aliphatic heterocycles. The van der Waals surface area contributed by atoms with Gasteiger partial charge in [0.2, 0.25) is 5.91 Å². The van der Waals surface area contributed by atoms with Crippen molar-refractivity contribution in [3.8, 4) is 0 Å². The molecule has 76 valence electrons. The van der Waals surface area contributed by atoms with Crippen molar-refractivity contribution in [1.29, 1.82) is 0 Å². The van der Waals surface area contributed by atoms with Crippen LogP contribution in [-0.2, 0) is 14.3 Å². The summed E-state index contributed by atoms with van der Waals surface area (Å²) < 4.78 is 5.13. The summed E-state index contributed by atoms with van der Waals surface area (Å²) in [5.74, 6) is -1.57. The molecule has 0 aromatic rings. The second-order valence-electron chi connectivity index (χ2n) is 3.09. The van der Waals surface area contributed by atoms with Crippen LogP contribution in [0, 0.1) is 0 Å². The molecule has 2 saturated heterocycles. The molecule has 1 N–H and O–H groups in total. The Morgan fingerprint density at radius 2 is 2.40 bits per heavy atom. The van der Waals surface area contributed by atoms with Crippen molar-refractivity contribution < 1.29 is 43.4 Å². The molecule has 2 fully saturated rings. The molecule has 0 unspecified atom stereocenters. The molecular formula is C8H8LiNO5. The van der Waals surface area contributed by atoms with E-state index in [9.17, 15) is 14.7 Å². The monoisotopic (exact) mass is 205 g/mol. The summed E-state index contributed by atoms with van der Waals surface area (Å²) in [5, 5.41) is 19.3. The molecule has 7 heteroatoms. The zero-order valence-electron chi connectivity index (χ0n) is 8.17. The number of hydrogen-bond donors (Lipinski definition) is 1. The minimum absolute atomic E-state index is 0. The van der Waals surface area contributed by atoms with Gasteiger partial charge >= 0.3 is 18.9 Å². The van der Waals surface area contributed by atoms with E-state index in [1.807, 2.05) is 0 Å². The van der Waals surface area contributed by atoms with Gasteiger partial charge < -0.3 is 19.7 Å².